The van der Waals surface area contributed by atoms with Crippen LogP contribution in [0.2, 0.25) is 0 Å². The van der Waals surface area contributed by atoms with Crippen LogP contribution >= 0.6 is 0 Å². The smallest absolute Gasteiger partial charge is 0.229 e. The molecule has 0 bridgehead atoms. The van der Waals surface area contributed by atoms with Crippen molar-refractivity contribution in [2.24, 2.45) is 5.92 Å². The Bertz CT molecular complexity index is 797. The number of hydrogen-bond acceptors (Lipinski definition) is 4. The van der Waals surface area contributed by atoms with Crippen LogP contribution < -0.4 is 5.32 Å². The molecule has 1 aromatic carbocycles. The highest BCUT2D eigenvalue weighted by molar-refractivity contribution is 7.90. The van der Waals surface area contributed by atoms with E-state index in [-0.39, 0.29) is 35.1 Å². The number of benzene rings is 1. The Hall–Kier alpha value is -1.89. The third-order valence-electron chi connectivity index (χ3n) is 5.19. The molecule has 3 rings (SSSR count). The molecule has 2 aliphatic rings. The predicted octanol–water partition coefficient (Wildman–Crippen LogP) is 2.13. The molecule has 1 saturated heterocycles. The fourth-order valence-electron chi connectivity index (χ4n) is 3.68. The van der Waals surface area contributed by atoms with Gasteiger partial charge in [0.1, 0.15) is 0 Å². The van der Waals surface area contributed by atoms with Crippen molar-refractivity contribution in [2.75, 3.05) is 18.1 Å². The summed E-state index contributed by atoms with van der Waals surface area (Å²) in [5.41, 5.74) is 1.28. The van der Waals surface area contributed by atoms with Gasteiger partial charge in [-0.3, -0.25) is 9.59 Å². The van der Waals surface area contributed by atoms with Gasteiger partial charge in [-0.15, -0.1) is 0 Å². The summed E-state index contributed by atoms with van der Waals surface area (Å²) in [5, 5.41) is 2.81. The van der Waals surface area contributed by atoms with E-state index in [1.165, 1.54) is 12.1 Å². The van der Waals surface area contributed by atoms with Gasteiger partial charge in [-0.25, -0.2) is 8.42 Å². The first kappa shape index (κ1) is 17.9. The Morgan fingerprint density at radius 3 is 2.56 bits per heavy atom. The molecule has 6 nitrogen and oxygen atoms in total. The molecule has 7 heteroatoms. The van der Waals surface area contributed by atoms with Crippen LogP contribution in [-0.2, 0) is 19.4 Å². The molecular weight excluding hydrogens is 340 g/mol. The molecule has 2 amide bonds. The third kappa shape index (κ3) is 3.86. The second kappa shape index (κ2) is 6.78. The molecule has 2 fully saturated rings. The van der Waals surface area contributed by atoms with E-state index >= 15 is 0 Å². The van der Waals surface area contributed by atoms with Crippen LogP contribution in [0.3, 0.4) is 0 Å². The molecule has 136 valence electrons. The number of likely N-dealkylation sites (tertiary alicyclic amines) is 1. The number of nitrogens with one attached hydrogen (secondary N) is 1. The van der Waals surface area contributed by atoms with Crippen LogP contribution in [0.4, 0.5) is 5.69 Å². The van der Waals surface area contributed by atoms with Crippen molar-refractivity contribution in [1.29, 1.82) is 0 Å². The Morgan fingerprint density at radius 1 is 1.24 bits per heavy atom. The zero-order valence-corrected chi connectivity index (χ0v) is 15.4. The lowest BCUT2D eigenvalue weighted by atomic mass is 10.1. The van der Waals surface area contributed by atoms with E-state index in [0.717, 1.165) is 37.5 Å². The summed E-state index contributed by atoms with van der Waals surface area (Å²) in [6.07, 6.45) is 5.70. The summed E-state index contributed by atoms with van der Waals surface area (Å²) >= 11 is 0. The second-order valence-corrected chi connectivity index (χ2v) is 9.14. The van der Waals surface area contributed by atoms with Gasteiger partial charge in [-0.05, 0) is 37.5 Å². The van der Waals surface area contributed by atoms with E-state index in [1.807, 2.05) is 11.8 Å². The first-order chi connectivity index (χ1) is 11.8. The van der Waals surface area contributed by atoms with Gasteiger partial charge in [-0.2, -0.15) is 0 Å². The Kier molecular flexibility index (Phi) is 4.86. The highest BCUT2D eigenvalue weighted by Gasteiger charge is 2.38. The van der Waals surface area contributed by atoms with Gasteiger partial charge in [0.05, 0.1) is 10.8 Å². The zero-order valence-electron chi connectivity index (χ0n) is 14.6. The van der Waals surface area contributed by atoms with Crippen LogP contribution in [0.5, 0.6) is 0 Å². The van der Waals surface area contributed by atoms with E-state index < -0.39 is 9.84 Å². The van der Waals surface area contributed by atoms with Crippen LogP contribution in [-0.4, -0.2) is 44.0 Å². The van der Waals surface area contributed by atoms with Crippen molar-refractivity contribution >= 4 is 27.3 Å². The summed E-state index contributed by atoms with van der Waals surface area (Å²) in [5.74, 6) is -0.550. The maximum absolute atomic E-state index is 12.6. The molecular formula is C18H24N2O4S. The van der Waals surface area contributed by atoms with Gasteiger partial charge in [0, 0.05) is 31.0 Å². The molecule has 0 spiro atoms. The number of rotatable bonds is 4. The Labute approximate surface area is 148 Å². The number of aryl methyl sites for hydroxylation is 1. The van der Waals surface area contributed by atoms with Crippen LogP contribution in [0.25, 0.3) is 0 Å². The summed E-state index contributed by atoms with van der Waals surface area (Å²) < 4.78 is 23.4. The molecule has 0 unspecified atom stereocenters. The van der Waals surface area contributed by atoms with Crippen molar-refractivity contribution in [2.45, 2.75) is 50.0 Å². The minimum atomic E-state index is -3.34. The van der Waals surface area contributed by atoms with Gasteiger partial charge in [0.15, 0.2) is 9.84 Å². The molecule has 1 atom stereocenters. The van der Waals surface area contributed by atoms with Gasteiger partial charge in [0.25, 0.3) is 0 Å². The van der Waals surface area contributed by atoms with Crippen molar-refractivity contribution in [1.82, 2.24) is 4.90 Å². The SMILES string of the molecule is Cc1ccc(S(C)(=O)=O)cc1NC(=O)[C@H]1CC(=O)N(C2CCCC2)C1. The fraction of sp³-hybridized carbons (Fsp3) is 0.556. The summed E-state index contributed by atoms with van der Waals surface area (Å²) in [6.45, 7) is 2.27. The van der Waals surface area contributed by atoms with Gasteiger partial charge in [0.2, 0.25) is 11.8 Å². The van der Waals surface area contributed by atoms with Crippen molar-refractivity contribution < 1.29 is 18.0 Å². The Balaban J connectivity index is 1.71. The van der Waals surface area contributed by atoms with Crippen molar-refractivity contribution in [3.63, 3.8) is 0 Å². The monoisotopic (exact) mass is 364 g/mol. The highest BCUT2D eigenvalue weighted by atomic mass is 32.2. The molecule has 0 radical (unpaired) electrons. The fourth-order valence-corrected chi connectivity index (χ4v) is 4.32. The average molecular weight is 364 g/mol. The molecule has 1 aliphatic heterocycles. The van der Waals surface area contributed by atoms with E-state index in [2.05, 4.69) is 5.32 Å². The first-order valence-corrected chi connectivity index (χ1v) is 10.6. The standard InChI is InChI=1S/C18H24N2O4S/c1-12-7-8-15(25(2,23)24)10-16(12)19-18(22)13-9-17(21)20(11-13)14-5-3-4-6-14/h7-8,10,13-14H,3-6,9,11H2,1-2H3,(H,19,22)/t13-/m0/s1. The average Bonchev–Trinajstić information content (AvgIpc) is 3.17. The highest BCUT2D eigenvalue weighted by Crippen LogP contribution is 2.30. The lowest BCUT2D eigenvalue weighted by molar-refractivity contribution is -0.129. The molecule has 1 aromatic rings. The Morgan fingerprint density at radius 2 is 1.92 bits per heavy atom. The van der Waals surface area contributed by atoms with Crippen LogP contribution in [0.15, 0.2) is 23.1 Å². The number of nitrogens with zero attached hydrogens (tertiary/aromatic N) is 1. The quantitative estimate of drug-likeness (QED) is 0.887. The maximum Gasteiger partial charge on any atom is 0.229 e. The predicted molar refractivity (Wildman–Crippen MR) is 95.0 cm³/mol. The summed E-state index contributed by atoms with van der Waals surface area (Å²) in [6, 6.07) is 4.96. The normalized spacial score (nSPS) is 21.8. The number of anilines is 1. The number of hydrogen-bond donors (Lipinski definition) is 1. The maximum atomic E-state index is 12.6. The van der Waals surface area contributed by atoms with Crippen molar-refractivity contribution in [3.8, 4) is 0 Å². The summed E-state index contributed by atoms with van der Waals surface area (Å²) in [7, 11) is -3.34. The molecule has 1 heterocycles. The number of amides is 2. The first-order valence-electron chi connectivity index (χ1n) is 8.67. The second-order valence-electron chi connectivity index (χ2n) is 7.12. The van der Waals surface area contributed by atoms with E-state index in [9.17, 15) is 18.0 Å². The van der Waals surface area contributed by atoms with Crippen LogP contribution in [0.1, 0.15) is 37.7 Å². The lowest BCUT2D eigenvalue weighted by Crippen LogP contribution is -2.35. The van der Waals surface area contributed by atoms with Crippen molar-refractivity contribution in [3.05, 3.63) is 23.8 Å². The molecule has 0 aromatic heterocycles. The van der Waals surface area contributed by atoms with Gasteiger partial charge < -0.3 is 10.2 Å². The van der Waals surface area contributed by atoms with E-state index in [1.54, 1.807) is 6.07 Å². The summed E-state index contributed by atoms with van der Waals surface area (Å²) in [4.78, 5) is 26.9. The van der Waals surface area contributed by atoms with Gasteiger partial charge >= 0.3 is 0 Å². The topological polar surface area (TPSA) is 83.5 Å². The van der Waals surface area contributed by atoms with E-state index in [0.29, 0.717) is 12.2 Å². The number of carbonyl (C=O) groups excluding carboxylic acids is 2. The molecule has 25 heavy (non-hydrogen) atoms. The lowest BCUT2D eigenvalue weighted by Gasteiger charge is -2.24. The largest absolute Gasteiger partial charge is 0.339 e. The number of carbonyl (C=O) groups is 2. The minimum Gasteiger partial charge on any atom is -0.339 e. The third-order valence-corrected chi connectivity index (χ3v) is 6.30. The number of sulfone groups is 1. The zero-order chi connectivity index (χ0) is 18.2. The molecule has 1 N–H and O–H groups in total. The minimum absolute atomic E-state index is 0.0497. The van der Waals surface area contributed by atoms with E-state index in [4.69, 9.17) is 0 Å². The molecule has 1 saturated carbocycles. The molecule has 1 aliphatic carbocycles. The van der Waals surface area contributed by atoms with Crippen LogP contribution in [0, 0.1) is 12.8 Å². The van der Waals surface area contributed by atoms with Gasteiger partial charge in [-0.1, -0.05) is 18.9 Å².